The van der Waals surface area contributed by atoms with Crippen molar-refractivity contribution in [1.82, 2.24) is 4.90 Å². The Morgan fingerprint density at radius 1 is 1.29 bits per heavy atom. The third-order valence-electron chi connectivity index (χ3n) is 3.88. The van der Waals surface area contributed by atoms with Gasteiger partial charge in [0.1, 0.15) is 5.60 Å². The van der Waals surface area contributed by atoms with Crippen molar-refractivity contribution in [1.29, 1.82) is 0 Å². The molecule has 132 valence electrons. The molecule has 1 amide bonds. The number of carbonyl (C=O) groups is 2. The lowest BCUT2D eigenvalue weighted by atomic mass is 10.0. The molecule has 1 saturated heterocycles. The summed E-state index contributed by atoms with van der Waals surface area (Å²) < 4.78 is 10.8. The highest BCUT2D eigenvalue weighted by Gasteiger charge is 2.27. The quantitative estimate of drug-likeness (QED) is 0.856. The van der Waals surface area contributed by atoms with Crippen LogP contribution in [0.1, 0.15) is 44.0 Å². The van der Waals surface area contributed by atoms with Crippen LogP contribution in [-0.2, 0) is 4.74 Å². The Balaban J connectivity index is 1.94. The Morgan fingerprint density at radius 3 is 2.50 bits per heavy atom. The predicted octanol–water partition coefficient (Wildman–Crippen LogP) is 3.32. The van der Waals surface area contributed by atoms with Gasteiger partial charge in [0.15, 0.2) is 12.0 Å². The fourth-order valence-corrected chi connectivity index (χ4v) is 2.74. The number of aldehydes is 1. The Morgan fingerprint density at radius 2 is 1.96 bits per heavy atom. The van der Waals surface area contributed by atoms with Crippen molar-refractivity contribution in [2.24, 2.45) is 0 Å². The summed E-state index contributed by atoms with van der Waals surface area (Å²) in [6, 6.07) is 5.66. The van der Waals surface area contributed by atoms with Gasteiger partial charge in [0.25, 0.3) is 0 Å². The Hall–Kier alpha value is -2.24. The molecule has 1 fully saturated rings. The number of benzene rings is 1. The van der Waals surface area contributed by atoms with Gasteiger partial charge in [-0.1, -0.05) is 6.07 Å². The Labute approximate surface area is 143 Å². The number of nitrogens with one attached hydrogen (secondary N) is 1. The van der Waals surface area contributed by atoms with Crippen molar-refractivity contribution >= 4 is 18.1 Å². The maximum absolute atomic E-state index is 12.1. The van der Waals surface area contributed by atoms with E-state index in [1.54, 1.807) is 18.1 Å². The lowest BCUT2D eigenvalue weighted by Gasteiger charge is -2.34. The van der Waals surface area contributed by atoms with Gasteiger partial charge in [-0.05, 0) is 45.7 Å². The zero-order chi connectivity index (χ0) is 17.7. The number of rotatable bonds is 4. The smallest absolute Gasteiger partial charge is 0.410 e. The molecule has 1 aromatic rings. The van der Waals surface area contributed by atoms with Gasteiger partial charge >= 0.3 is 6.09 Å². The SMILES string of the molecule is COc1c(C=O)cccc1NC1CCN(C(=O)OC(C)(C)C)CC1. The Bertz CT molecular complexity index is 587. The highest BCUT2D eigenvalue weighted by molar-refractivity contribution is 5.83. The van der Waals surface area contributed by atoms with Crippen LogP contribution in [-0.4, -0.2) is 49.1 Å². The molecule has 1 aliphatic heterocycles. The van der Waals surface area contributed by atoms with E-state index in [4.69, 9.17) is 9.47 Å². The van der Waals surface area contributed by atoms with Crippen LogP contribution in [0.4, 0.5) is 10.5 Å². The third kappa shape index (κ3) is 4.63. The van der Waals surface area contributed by atoms with Crippen LogP contribution in [0.2, 0.25) is 0 Å². The van der Waals surface area contributed by atoms with E-state index in [1.165, 1.54) is 0 Å². The van der Waals surface area contributed by atoms with Crippen molar-refractivity contribution in [3.8, 4) is 5.75 Å². The second-order valence-electron chi connectivity index (χ2n) is 6.93. The minimum absolute atomic E-state index is 0.222. The fraction of sp³-hybridized carbons (Fsp3) is 0.556. The fourth-order valence-electron chi connectivity index (χ4n) is 2.74. The van der Waals surface area contributed by atoms with Crippen molar-refractivity contribution < 1.29 is 19.1 Å². The summed E-state index contributed by atoms with van der Waals surface area (Å²) in [5.41, 5.74) is 0.848. The van der Waals surface area contributed by atoms with Crippen LogP contribution < -0.4 is 10.1 Å². The zero-order valence-corrected chi connectivity index (χ0v) is 14.8. The maximum Gasteiger partial charge on any atom is 0.410 e. The molecular formula is C18H26N2O4. The highest BCUT2D eigenvalue weighted by Crippen LogP contribution is 2.29. The number of para-hydroxylation sites is 1. The van der Waals surface area contributed by atoms with Crippen molar-refractivity contribution in [2.75, 3.05) is 25.5 Å². The van der Waals surface area contributed by atoms with Crippen LogP contribution >= 0.6 is 0 Å². The van der Waals surface area contributed by atoms with Gasteiger partial charge in [0.05, 0.1) is 18.4 Å². The van der Waals surface area contributed by atoms with Crippen LogP contribution in [0.25, 0.3) is 0 Å². The van der Waals surface area contributed by atoms with Crippen LogP contribution in [0, 0.1) is 0 Å². The van der Waals surface area contributed by atoms with Gasteiger partial charge in [-0.2, -0.15) is 0 Å². The number of carbonyl (C=O) groups excluding carboxylic acids is 2. The summed E-state index contributed by atoms with van der Waals surface area (Å²) >= 11 is 0. The molecule has 0 bridgehead atoms. The molecule has 1 N–H and O–H groups in total. The summed E-state index contributed by atoms with van der Waals surface area (Å²) in [5, 5.41) is 3.42. The second-order valence-corrected chi connectivity index (χ2v) is 6.93. The molecule has 2 rings (SSSR count). The number of hydrogen-bond acceptors (Lipinski definition) is 5. The topological polar surface area (TPSA) is 67.9 Å². The van der Waals surface area contributed by atoms with Gasteiger partial charge in [-0.25, -0.2) is 4.79 Å². The molecule has 0 saturated carbocycles. The number of anilines is 1. The molecule has 1 aromatic carbocycles. The first-order chi connectivity index (χ1) is 11.3. The average molecular weight is 334 g/mol. The van der Waals surface area contributed by atoms with Gasteiger partial charge in [0, 0.05) is 19.1 Å². The van der Waals surface area contributed by atoms with E-state index in [2.05, 4.69) is 5.32 Å². The third-order valence-corrected chi connectivity index (χ3v) is 3.88. The molecular weight excluding hydrogens is 308 g/mol. The van der Waals surface area contributed by atoms with Crippen LogP contribution in [0.5, 0.6) is 5.75 Å². The van der Waals surface area contributed by atoms with Crippen molar-refractivity contribution in [3.05, 3.63) is 23.8 Å². The van der Waals surface area contributed by atoms with Crippen LogP contribution in [0.3, 0.4) is 0 Å². The highest BCUT2D eigenvalue weighted by atomic mass is 16.6. The number of piperidine rings is 1. The monoisotopic (exact) mass is 334 g/mol. The summed E-state index contributed by atoms with van der Waals surface area (Å²) in [4.78, 5) is 24.9. The molecule has 0 radical (unpaired) electrons. The van der Waals surface area contributed by atoms with Crippen molar-refractivity contribution in [2.45, 2.75) is 45.3 Å². The first-order valence-electron chi connectivity index (χ1n) is 8.20. The number of ether oxygens (including phenoxy) is 2. The van der Waals surface area contributed by atoms with Gasteiger partial charge in [0.2, 0.25) is 0 Å². The van der Waals surface area contributed by atoms with Gasteiger partial charge in [-0.3, -0.25) is 4.79 Å². The number of amides is 1. The average Bonchev–Trinajstić information content (AvgIpc) is 2.53. The summed E-state index contributed by atoms with van der Waals surface area (Å²) in [5.74, 6) is 0.557. The lowest BCUT2D eigenvalue weighted by Crippen LogP contribution is -2.44. The number of methoxy groups -OCH3 is 1. The van der Waals surface area contributed by atoms with E-state index >= 15 is 0 Å². The first-order valence-corrected chi connectivity index (χ1v) is 8.20. The Kier molecular flexibility index (Phi) is 5.70. The maximum atomic E-state index is 12.1. The number of hydrogen-bond donors (Lipinski definition) is 1. The van der Waals surface area contributed by atoms with E-state index in [1.807, 2.05) is 32.9 Å². The predicted molar refractivity (Wildman–Crippen MR) is 92.8 cm³/mol. The van der Waals surface area contributed by atoms with Crippen LogP contribution in [0.15, 0.2) is 18.2 Å². The summed E-state index contributed by atoms with van der Waals surface area (Å²) in [6.07, 6.45) is 2.15. The van der Waals surface area contributed by atoms with E-state index in [9.17, 15) is 9.59 Å². The van der Waals surface area contributed by atoms with Gasteiger partial charge < -0.3 is 19.7 Å². The largest absolute Gasteiger partial charge is 0.494 e. The van der Waals surface area contributed by atoms with Crippen molar-refractivity contribution in [3.63, 3.8) is 0 Å². The number of likely N-dealkylation sites (tertiary alicyclic amines) is 1. The van der Waals surface area contributed by atoms with E-state index in [0.717, 1.165) is 24.8 Å². The molecule has 1 aliphatic rings. The molecule has 6 heteroatoms. The normalized spacial score (nSPS) is 15.8. The van der Waals surface area contributed by atoms with E-state index < -0.39 is 5.60 Å². The molecule has 1 heterocycles. The molecule has 0 unspecified atom stereocenters. The lowest BCUT2D eigenvalue weighted by molar-refractivity contribution is 0.0210. The summed E-state index contributed by atoms with van der Waals surface area (Å²) in [7, 11) is 1.55. The molecule has 24 heavy (non-hydrogen) atoms. The zero-order valence-electron chi connectivity index (χ0n) is 14.8. The minimum Gasteiger partial charge on any atom is -0.494 e. The standard InChI is InChI=1S/C18H26N2O4/c1-18(2,3)24-17(22)20-10-8-14(9-11-20)19-15-7-5-6-13(12-21)16(15)23-4/h5-7,12,14,19H,8-11H2,1-4H3. The van der Waals surface area contributed by atoms with Gasteiger partial charge in [-0.15, -0.1) is 0 Å². The molecule has 0 atom stereocenters. The minimum atomic E-state index is -0.477. The summed E-state index contributed by atoms with van der Waals surface area (Å²) in [6.45, 7) is 6.88. The molecule has 0 aliphatic carbocycles. The van der Waals surface area contributed by atoms with E-state index in [-0.39, 0.29) is 12.1 Å². The molecule has 0 spiro atoms. The number of nitrogens with zero attached hydrogens (tertiary/aromatic N) is 1. The second kappa shape index (κ2) is 7.55. The molecule has 0 aromatic heterocycles. The first kappa shape index (κ1) is 18.1. The molecule has 6 nitrogen and oxygen atoms in total. The van der Waals surface area contributed by atoms with E-state index in [0.29, 0.717) is 24.4 Å².